The molecule has 3 N–H and O–H groups in total. The summed E-state index contributed by atoms with van der Waals surface area (Å²) in [6.45, 7) is 1.97. The lowest BCUT2D eigenvalue weighted by molar-refractivity contribution is 0.0543. The highest BCUT2D eigenvalue weighted by Gasteiger charge is 2.36. The van der Waals surface area contributed by atoms with Gasteiger partial charge in [-0.1, -0.05) is 60.7 Å². The summed E-state index contributed by atoms with van der Waals surface area (Å²) in [7, 11) is 0. The quantitative estimate of drug-likeness (QED) is 0.583. The number of hydroxylamine groups is 1. The fourth-order valence-electron chi connectivity index (χ4n) is 2.16. The Morgan fingerprint density at radius 1 is 1.05 bits per heavy atom. The van der Waals surface area contributed by atoms with Gasteiger partial charge in [-0.15, -0.1) is 0 Å². The molecule has 1 amide bonds. The van der Waals surface area contributed by atoms with Crippen molar-refractivity contribution >= 4 is 6.09 Å². The van der Waals surface area contributed by atoms with Crippen LogP contribution in [-0.2, 0) is 10.4 Å². The van der Waals surface area contributed by atoms with E-state index >= 15 is 0 Å². The summed E-state index contributed by atoms with van der Waals surface area (Å²) < 4.78 is 4.94. The molecular formula is C16H18N2O3. The normalized spacial score (nSPS) is 11.0. The first-order valence-corrected chi connectivity index (χ1v) is 6.70. The number of hydrogen-bond acceptors (Lipinski definition) is 4. The third kappa shape index (κ3) is 3.21. The van der Waals surface area contributed by atoms with Crippen LogP contribution in [0.5, 0.6) is 0 Å². The van der Waals surface area contributed by atoms with E-state index in [1.807, 2.05) is 60.7 Å². The second-order valence-electron chi connectivity index (χ2n) is 4.44. The molecule has 0 aliphatic heterocycles. The summed E-state index contributed by atoms with van der Waals surface area (Å²) in [5.41, 5.74) is 2.33. The van der Waals surface area contributed by atoms with Crippen LogP contribution in [0.1, 0.15) is 18.1 Å². The van der Waals surface area contributed by atoms with Gasteiger partial charge in [-0.25, -0.2) is 4.79 Å². The molecule has 0 saturated carbocycles. The van der Waals surface area contributed by atoms with Crippen molar-refractivity contribution in [2.45, 2.75) is 12.6 Å². The molecule has 0 bridgehead atoms. The van der Waals surface area contributed by atoms with Gasteiger partial charge in [-0.2, -0.15) is 5.48 Å². The maximum absolute atomic E-state index is 11.9. The van der Waals surface area contributed by atoms with Crippen molar-refractivity contribution in [1.82, 2.24) is 10.8 Å². The van der Waals surface area contributed by atoms with Crippen LogP contribution < -0.4 is 10.8 Å². The molecule has 0 atom stereocenters. The molecular weight excluding hydrogens is 268 g/mol. The van der Waals surface area contributed by atoms with Crippen LogP contribution in [0.25, 0.3) is 0 Å². The van der Waals surface area contributed by atoms with Crippen LogP contribution in [0.15, 0.2) is 60.7 Å². The van der Waals surface area contributed by atoms with E-state index in [0.717, 1.165) is 0 Å². The van der Waals surface area contributed by atoms with Crippen LogP contribution in [0.4, 0.5) is 4.79 Å². The molecule has 0 aliphatic rings. The van der Waals surface area contributed by atoms with E-state index in [1.165, 1.54) is 0 Å². The van der Waals surface area contributed by atoms with Gasteiger partial charge in [0.1, 0.15) is 0 Å². The lowest BCUT2D eigenvalue weighted by Crippen LogP contribution is -2.56. The Morgan fingerprint density at radius 3 is 1.90 bits per heavy atom. The average Bonchev–Trinajstić information content (AvgIpc) is 2.54. The number of alkyl carbamates (subject to hydrolysis) is 1. The molecule has 0 unspecified atom stereocenters. The van der Waals surface area contributed by atoms with E-state index in [0.29, 0.717) is 11.1 Å². The van der Waals surface area contributed by atoms with Crippen molar-refractivity contribution in [2.24, 2.45) is 0 Å². The minimum atomic E-state index is -1.27. The summed E-state index contributed by atoms with van der Waals surface area (Å²) >= 11 is 0. The second kappa shape index (κ2) is 6.88. The summed E-state index contributed by atoms with van der Waals surface area (Å²) in [4.78, 5) is 11.9. The van der Waals surface area contributed by atoms with Crippen LogP contribution in [0.2, 0.25) is 0 Å². The van der Waals surface area contributed by atoms with Crippen molar-refractivity contribution in [2.75, 3.05) is 6.61 Å². The fraction of sp³-hybridized carbons (Fsp3) is 0.188. The Hall–Kier alpha value is -2.37. The Balaban J connectivity index is 2.49. The predicted octanol–water partition coefficient (Wildman–Crippen LogP) is 2.61. The number of hydrogen-bond donors (Lipinski definition) is 3. The maximum Gasteiger partial charge on any atom is 0.409 e. The molecule has 0 heterocycles. The Bertz CT molecular complexity index is 533. The Labute approximate surface area is 123 Å². The highest BCUT2D eigenvalue weighted by atomic mass is 16.5. The number of carbonyl (C=O) groups is 1. The van der Waals surface area contributed by atoms with E-state index in [-0.39, 0.29) is 6.61 Å². The fourth-order valence-corrected chi connectivity index (χ4v) is 2.16. The molecule has 110 valence electrons. The van der Waals surface area contributed by atoms with Crippen molar-refractivity contribution in [1.29, 1.82) is 0 Å². The number of carbonyl (C=O) groups excluding carboxylic acids is 1. The standard InChI is InChI=1S/C16H18N2O3/c1-2-21-15(19)17-16(18-20,13-9-5-3-6-10-13)14-11-7-4-8-12-14/h3-12,18,20H,2H2,1H3,(H,17,19). The van der Waals surface area contributed by atoms with E-state index in [2.05, 4.69) is 10.8 Å². The molecule has 0 saturated heterocycles. The zero-order valence-corrected chi connectivity index (χ0v) is 11.7. The van der Waals surface area contributed by atoms with Crippen molar-refractivity contribution < 1.29 is 14.7 Å². The summed E-state index contributed by atoms with van der Waals surface area (Å²) in [6, 6.07) is 18.3. The van der Waals surface area contributed by atoms with Crippen LogP contribution in [0.3, 0.4) is 0 Å². The van der Waals surface area contributed by atoms with Crippen LogP contribution >= 0.6 is 0 Å². The van der Waals surface area contributed by atoms with Gasteiger partial charge in [0, 0.05) is 0 Å². The van der Waals surface area contributed by atoms with E-state index in [4.69, 9.17) is 4.74 Å². The predicted molar refractivity (Wildman–Crippen MR) is 78.7 cm³/mol. The largest absolute Gasteiger partial charge is 0.450 e. The van der Waals surface area contributed by atoms with Gasteiger partial charge in [0.2, 0.25) is 0 Å². The summed E-state index contributed by atoms with van der Waals surface area (Å²) in [5.74, 6) is 0. The van der Waals surface area contributed by atoms with Gasteiger partial charge >= 0.3 is 6.09 Å². The number of ether oxygens (including phenoxy) is 1. The molecule has 2 aromatic carbocycles. The van der Waals surface area contributed by atoms with Gasteiger partial charge in [-0.3, -0.25) is 5.32 Å². The molecule has 0 aliphatic carbocycles. The van der Waals surface area contributed by atoms with Crippen molar-refractivity contribution in [3.8, 4) is 0 Å². The Kier molecular flexibility index (Phi) is 4.92. The lowest BCUT2D eigenvalue weighted by atomic mass is 9.92. The molecule has 5 heteroatoms. The highest BCUT2D eigenvalue weighted by Crippen LogP contribution is 2.26. The van der Waals surface area contributed by atoms with Crippen molar-refractivity contribution in [3.05, 3.63) is 71.8 Å². The van der Waals surface area contributed by atoms with Gasteiger partial charge in [-0.05, 0) is 18.1 Å². The number of nitrogens with one attached hydrogen (secondary N) is 2. The van der Waals surface area contributed by atoms with E-state index in [1.54, 1.807) is 6.92 Å². The average molecular weight is 286 g/mol. The smallest absolute Gasteiger partial charge is 0.409 e. The molecule has 0 fully saturated rings. The number of rotatable bonds is 5. The second-order valence-corrected chi connectivity index (χ2v) is 4.44. The number of amides is 1. The minimum Gasteiger partial charge on any atom is -0.450 e. The minimum absolute atomic E-state index is 0.247. The first-order chi connectivity index (χ1) is 10.2. The highest BCUT2D eigenvalue weighted by molar-refractivity contribution is 5.69. The molecule has 2 aromatic rings. The summed E-state index contributed by atoms with van der Waals surface area (Å²) in [5, 5.41) is 12.5. The third-order valence-electron chi connectivity index (χ3n) is 3.15. The maximum atomic E-state index is 11.9. The topological polar surface area (TPSA) is 70.6 Å². The Morgan fingerprint density at radius 2 is 1.52 bits per heavy atom. The molecule has 21 heavy (non-hydrogen) atoms. The lowest BCUT2D eigenvalue weighted by Gasteiger charge is -2.33. The number of benzene rings is 2. The molecule has 5 nitrogen and oxygen atoms in total. The van der Waals surface area contributed by atoms with Gasteiger partial charge in [0.25, 0.3) is 0 Å². The zero-order chi connectivity index (χ0) is 15.1. The van der Waals surface area contributed by atoms with Crippen molar-refractivity contribution in [3.63, 3.8) is 0 Å². The van der Waals surface area contributed by atoms with Crippen LogP contribution in [-0.4, -0.2) is 17.9 Å². The molecule has 0 radical (unpaired) electrons. The first kappa shape index (κ1) is 15.0. The van der Waals surface area contributed by atoms with Crippen LogP contribution in [0, 0.1) is 0 Å². The SMILES string of the molecule is CCOC(=O)NC(NO)(c1ccccc1)c1ccccc1. The van der Waals surface area contributed by atoms with E-state index < -0.39 is 11.8 Å². The van der Waals surface area contributed by atoms with Gasteiger partial charge in [0.05, 0.1) is 6.61 Å². The molecule has 2 rings (SSSR count). The third-order valence-corrected chi connectivity index (χ3v) is 3.15. The monoisotopic (exact) mass is 286 g/mol. The summed E-state index contributed by atoms with van der Waals surface area (Å²) in [6.07, 6.45) is -0.619. The molecule has 0 aromatic heterocycles. The molecule has 0 spiro atoms. The van der Waals surface area contributed by atoms with E-state index in [9.17, 15) is 10.0 Å². The van der Waals surface area contributed by atoms with Gasteiger partial charge < -0.3 is 9.94 Å². The first-order valence-electron chi connectivity index (χ1n) is 6.70. The zero-order valence-electron chi connectivity index (χ0n) is 11.7. The van der Waals surface area contributed by atoms with Gasteiger partial charge in [0.15, 0.2) is 5.66 Å².